The molecule has 0 saturated carbocycles. The van der Waals surface area contributed by atoms with Gasteiger partial charge in [0.25, 0.3) is 0 Å². The van der Waals surface area contributed by atoms with Gasteiger partial charge < -0.3 is 9.47 Å². The maximum absolute atomic E-state index is 5.86. The van der Waals surface area contributed by atoms with E-state index in [1.54, 1.807) is 9.47 Å². The first kappa shape index (κ1) is 8.84. The van der Waals surface area contributed by atoms with Crippen LogP contribution in [-0.4, -0.2) is 21.9 Å². The first-order chi connectivity index (χ1) is 6.11. The molecule has 0 fully saturated rings. The fourth-order valence-electron chi connectivity index (χ4n) is 1.27. The van der Waals surface area contributed by atoms with Crippen molar-refractivity contribution in [2.24, 2.45) is 12.0 Å². The number of fused-ring (bicyclic) bond motifs is 1. The van der Waals surface area contributed by atoms with E-state index in [4.69, 9.17) is 23.2 Å². The summed E-state index contributed by atoms with van der Waals surface area (Å²) in [5, 5.41) is 0.903. The lowest BCUT2D eigenvalue weighted by Crippen LogP contribution is -2.26. The summed E-state index contributed by atoms with van der Waals surface area (Å²) in [4.78, 5) is 10.0. The summed E-state index contributed by atoms with van der Waals surface area (Å²) < 4.78 is 1.81. The topological polar surface area (TPSA) is 33.4 Å². The normalized spacial score (nSPS) is 15.7. The number of halogens is 2. The monoisotopic (exact) mass is 218 g/mol. The van der Waals surface area contributed by atoms with Gasteiger partial charge in [0.2, 0.25) is 5.28 Å². The maximum atomic E-state index is 5.86. The van der Waals surface area contributed by atoms with Gasteiger partial charge in [-0.3, -0.25) is 4.99 Å². The van der Waals surface area contributed by atoms with Crippen LogP contribution >= 0.6 is 23.2 Å². The van der Waals surface area contributed by atoms with Crippen LogP contribution in [0.4, 0.5) is 5.82 Å². The summed E-state index contributed by atoms with van der Waals surface area (Å²) >= 11 is 11.7. The van der Waals surface area contributed by atoms with E-state index in [-0.39, 0.29) is 0 Å². The highest BCUT2D eigenvalue weighted by Gasteiger charge is 2.22. The lowest BCUT2D eigenvalue weighted by Gasteiger charge is -2.19. The van der Waals surface area contributed by atoms with E-state index in [1.165, 1.54) is 0 Å². The van der Waals surface area contributed by atoms with Crippen LogP contribution in [0.3, 0.4) is 0 Å². The van der Waals surface area contributed by atoms with Gasteiger partial charge in [-0.1, -0.05) is 0 Å². The second kappa shape index (κ2) is 2.89. The third kappa shape index (κ3) is 1.21. The van der Waals surface area contributed by atoms with Crippen LogP contribution in [0.1, 0.15) is 5.69 Å². The van der Waals surface area contributed by atoms with Gasteiger partial charge in [-0.25, -0.2) is 0 Å². The molecule has 0 unspecified atom stereocenters. The first-order valence-corrected chi connectivity index (χ1v) is 4.51. The highest BCUT2D eigenvalue weighted by Crippen LogP contribution is 2.27. The Morgan fingerprint density at radius 1 is 1.31 bits per heavy atom. The largest absolute Gasteiger partial charge is 0.318 e. The summed E-state index contributed by atoms with van der Waals surface area (Å²) in [6.07, 6.45) is 0. The van der Waals surface area contributed by atoms with Crippen LogP contribution in [0.25, 0.3) is 0 Å². The van der Waals surface area contributed by atoms with E-state index in [0.717, 1.165) is 11.5 Å². The molecule has 0 atom stereocenters. The van der Waals surface area contributed by atoms with Crippen molar-refractivity contribution in [3.8, 4) is 0 Å². The predicted octanol–water partition coefficient (Wildman–Crippen LogP) is 1.62. The Morgan fingerprint density at radius 2 is 2.00 bits per heavy atom. The predicted molar refractivity (Wildman–Crippen MR) is 53.6 cm³/mol. The molecule has 2 heterocycles. The molecule has 0 N–H and O–H groups in total. The van der Waals surface area contributed by atoms with Crippen molar-refractivity contribution in [2.75, 3.05) is 11.9 Å². The van der Waals surface area contributed by atoms with E-state index >= 15 is 0 Å². The fraction of sp³-hybridized carbons (Fsp3) is 0.429. The van der Waals surface area contributed by atoms with Crippen LogP contribution < -0.4 is 4.90 Å². The molecular formula is C7H8Cl2N4. The molecule has 1 aromatic rings. The van der Waals surface area contributed by atoms with Crippen molar-refractivity contribution in [1.29, 1.82) is 0 Å². The molecule has 0 aliphatic carbocycles. The molecule has 0 radical (unpaired) electrons. The number of amidine groups is 1. The molecule has 0 saturated heterocycles. The zero-order valence-corrected chi connectivity index (χ0v) is 8.76. The SMILES string of the molecule is CN1C(Cl)=NCc2c1nc(Cl)n2C. The van der Waals surface area contributed by atoms with Gasteiger partial charge in [0.15, 0.2) is 11.1 Å². The number of aromatic nitrogens is 2. The van der Waals surface area contributed by atoms with E-state index in [2.05, 4.69) is 9.98 Å². The van der Waals surface area contributed by atoms with Crippen LogP contribution in [0.5, 0.6) is 0 Å². The zero-order valence-electron chi connectivity index (χ0n) is 7.25. The third-order valence-electron chi connectivity index (χ3n) is 2.09. The van der Waals surface area contributed by atoms with Gasteiger partial charge in [0.05, 0.1) is 12.2 Å². The molecule has 0 amide bonds. The first-order valence-electron chi connectivity index (χ1n) is 3.76. The van der Waals surface area contributed by atoms with Gasteiger partial charge in [-0.15, -0.1) is 0 Å². The number of hydrogen-bond acceptors (Lipinski definition) is 3. The Balaban J connectivity index is 2.55. The van der Waals surface area contributed by atoms with E-state index in [0.29, 0.717) is 17.1 Å². The quantitative estimate of drug-likeness (QED) is 0.621. The highest BCUT2D eigenvalue weighted by atomic mass is 35.5. The number of imidazole rings is 1. The Bertz CT molecular complexity index is 382. The van der Waals surface area contributed by atoms with Gasteiger partial charge >= 0.3 is 0 Å². The summed E-state index contributed by atoms with van der Waals surface area (Å²) in [5.41, 5.74) is 0.983. The molecule has 0 spiro atoms. The van der Waals surface area contributed by atoms with Crippen molar-refractivity contribution >= 4 is 34.3 Å². The Kier molecular flexibility index (Phi) is 1.96. The van der Waals surface area contributed by atoms with Crippen LogP contribution in [-0.2, 0) is 13.6 Å². The van der Waals surface area contributed by atoms with Gasteiger partial charge in [-0.05, 0) is 23.2 Å². The Hall–Kier alpha value is -0.740. The Labute approximate surface area is 85.8 Å². The molecule has 4 nitrogen and oxygen atoms in total. The molecule has 0 bridgehead atoms. The number of hydrogen-bond donors (Lipinski definition) is 0. The van der Waals surface area contributed by atoms with Gasteiger partial charge in [-0.2, -0.15) is 4.98 Å². The molecule has 6 heteroatoms. The minimum atomic E-state index is 0.447. The standard InChI is InChI=1S/C7H8Cl2N4/c1-12-4-3-10-6(8)13(2)5(4)11-7(12)9/h3H2,1-2H3. The second-order valence-corrected chi connectivity index (χ2v) is 3.53. The van der Waals surface area contributed by atoms with Crippen molar-refractivity contribution in [3.63, 3.8) is 0 Å². The molecule has 70 valence electrons. The molecule has 2 rings (SSSR count). The smallest absolute Gasteiger partial charge is 0.204 e. The summed E-state index contributed by atoms with van der Waals surface area (Å²) in [6, 6.07) is 0. The lowest BCUT2D eigenvalue weighted by atomic mass is 10.4. The van der Waals surface area contributed by atoms with E-state index in [1.807, 2.05) is 14.1 Å². The molecule has 1 aliphatic heterocycles. The van der Waals surface area contributed by atoms with E-state index in [9.17, 15) is 0 Å². The fourth-order valence-corrected chi connectivity index (χ4v) is 1.59. The van der Waals surface area contributed by atoms with Crippen molar-refractivity contribution in [3.05, 3.63) is 11.0 Å². The minimum Gasteiger partial charge on any atom is -0.318 e. The Morgan fingerprint density at radius 3 is 2.69 bits per heavy atom. The third-order valence-corrected chi connectivity index (χ3v) is 2.80. The molecule has 13 heavy (non-hydrogen) atoms. The van der Waals surface area contributed by atoms with Gasteiger partial charge in [0.1, 0.15) is 0 Å². The highest BCUT2D eigenvalue weighted by molar-refractivity contribution is 6.67. The van der Waals surface area contributed by atoms with Gasteiger partial charge in [0, 0.05) is 14.1 Å². The zero-order chi connectivity index (χ0) is 9.59. The summed E-state index contributed by atoms with van der Waals surface area (Å²) in [5.74, 6) is 0.785. The van der Waals surface area contributed by atoms with Crippen LogP contribution in [0.2, 0.25) is 5.28 Å². The molecule has 0 aromatic carbocycles. The molecular weight excluding hydrogens is 211 g/mol. The number of anilines is 1. The van der Waals surface area contributed by atoms with Crippen LogP contribution in [0.15, 0.2) is 4.99 Å². The second-order valence-electron chi connectivity index (χ2n) is 2.85. The summed E-state index contributed by atoms with van der Waals surface area (Å²) in [6.45, 7) is 0.536. The van der Waals surface area contributed by atoms with Crippen LogP contribution in [0, 0.1) is 0 Å². The summed E-state index contributed by atoms with van der Waals surface area (Å²) in [7, 11) is 3.67. The van der Waals surface area contributed by atoms with Crippen molar-refractivity contribution in [1.82, 2.24) is 9.55 Å². The average molecular weight is 219 g/mol. The minimum absolute atomic E-state index is 0.447. The molecule has 1 aromatic heterocycles. The molecule has 1 aliphatic rings. The lowest BCUT2D eigenvalue weighted by molar-refractivity contribution is 0.814. The van der Waals surface area contributed by atoms with Crippen molar-refractivity contribution < 1.29 is 0 Å². The maximum Gasteiger partial charge on any atom is 0.204 e. The number of aliphatic imine (C=N–C) groups is 1. The van der Waals surface area contributed by atoms with Crippen molar-refractivity contribution in [2.45, 2.75) is 6.54 Å². The number of nitrogens with zero attached hydrogens (tertiary/aromatic N) is 4. The average Bonchev–Trinajstić information content (AvgIpc) is 2.38. The van der Waals surface area contributed by atoms with E-state index < -0.39 is 0 Å². The number of rotatable bonds is 0.